The summed E-state index contributed by atoms with van der Waals surface area (Å²) >= 11 is 0. The molecule has 0 aliphatic carbocycles. The zero-order valence-corrected chi connectivity index (χ0v) is 10.4. The number of aliphatic carboxylic acids is 1. The second kappa shape index (κ2) is 6.78. The Morgan fingerprint density at radius 3 is 2.83 bits per heavy atom. The van der Waals surface area contributed by atoms with Crippen molar-refractivity contribution >= 4 is 24.4 Å². The van der Waals surface area contributed by atoms with Crippen LogP contribution in [0.4, 0.5) is 0 Å². The summed E-state index contributed by atoms with van der Waals surface area (Å²) in [7, 11) is 1.81. The summed E-state index contributed by atoms with van der Waals surface area (Å²) in [4.78, 5) is 24.4. The van der Waals surface area contributed by atoms with Gasteiger partial charge in [0.25, 0.3) is 0 Å². The molecular weight excluding hydrogens is 236 g/mol. The number of rotatable bonds is 7. The third-order valence-electron chi connectivity index (χ3n) is 2.75. The molecule has 7 nitrogen and oxygen atoms in total. The molecular formula is C11H19N4O3+. The first kappa shape index (κ1) is 14.2. The normalized spacial score (nSPS) is 19.0. The third-order valence-corrected chi connectivity index (χ3v) is 2.75. The standard InChI is InChI=1S/C11H18N4O3/c1-15-7-13-6-8(15)5-9(11(17)18)14-10(16)3-2-4-12/h6-9H,2-5,12H2,1H3,(H-,14,16,17,18)/p+1. The molecule has 0 bridgehead atoms. The van der Waals surface area contributed by atoms with Crippen LogP contribution in [-0.4, -0.2) is 60.1 Å². The van der Waals surface area contributed by atoms with Gasteiger partial charge in [-0.25, -0.2) is 14.4 Å². The average Bonchev–Trinajstić information content (AvgIpc) is 2.71. The number of nitrogens with two attached hydrogens (primary N) is 1. The second-order valence-electron chi connectivity index (χ2n) is 4.23. The fourth-order valence-corrected chi connectivity index (χ4v) is 1.65. The molecule has 0 aromatic carbocycles. The third kappa shape index (κ3) is 4.20. The van der Waals surface area contributed by atoms with Crippen molar-refractivity contribution < 1.29 is 14.7 Å². The largest absolute Gasteiger partial charge is 0.480 e. The van der Waals surface area contributed by atoms with Crippen LogP contribution in [0.5, 0.6) is 0 Å². The van der Waals surface area contributed by atoms with Gasteiger partial charge in [0.1, 0.15) is 6.04 Å². The number of nitrogens with one attached hydrogen (secondary N) is 1. The Kier molecular flexibility index (Phi) is 5.35. The number of carboxylic acids is 1. The maximum absolute atomic E-state index is 11.5. The first-order chi connectivity index (χ1) is 8.54. The molecule has 1 aliphatic rings. The lowest BCUT2D eigenvalue weighted by molar-refractivity contribution is -0.142. The number of nitrogens with zero attached hydrogens (tertiary/aromatic N) is 2. The number of hydrogen-bond acceptors (Lipinski definition) is 4. The summed E-state index contributed by atoms with van der Waals surface area (Å²) in [6.07, 6.45) is 4.39. The molecule has 1 amide bonds. The molecule has 1 aliphatic heterocycles. The molecule has 0 fully saturated rings. The molecule has 0 radical (unpaired) electrons. The van der Waals surface area contributed by atoms with Crippen LogP contribution >= 0.6 is 0 Å². The Hall–Kier alpha value is -1.85. The molecule has 4 N–H and O–H groups in total. The highest BCUT2D eigenvalue weighted by molar-refractivity contribution is 5.85. The molecule has 1 heterocycles. The Balaban J connectivity index is 2.47. The van der Waals surface area contributed by atoms with Crippen molar-refractivity contribution in [2.75, 3.05) is 13.6 Å². The van der Waals surface area contributed by atoms with E-state index in [1.165, 1.54) is 0 Å². The van der Waals surface area contributed by atoms with Gasteiger partial charge < -0.3 is 16.2 Å². The summed E-state index contributed by atoms with van der Waals surface area (Å²) in [5.41, 5.74) is 5.29. The first-order valence-corrected chi connectivity index (χ1v) is 5.85. The van der Waals surface area contributed by atoms with E-state index < -0.39 is 12.0 Å². The van der Waals surface area contributed by atoms with Crippen LogP contribution in [0, 0.1) is 0 Å². The molecule has 0 aromatic heterocycles. The van der Waals surface area contributed by atoms with Crippen LogP contribution in [0.2, 0.25) is 0 Å². The van der Waals surface area contributed by atoms with Crippen LogP contribution in [-0.2, 0) is 9.59 Å². The molecule has 1 rings (SSSR count). The first-order valence-electron chi connectivity index (χ1n) is 5.85. The van der Waals surface area contributed by atoms with E-state index in [0.29, 0.717) is 19.4 Å². The number of carbonyl (C=O) groups excluding carboxylic acids is 1. The van der Waals surface area contributed by atoms with Gasteiger partial charge >= 0.3 is 12.3 Å². The van der Waals surface area contributed by atoms with E-state index in [1.807, 2.05) is 11.9 Å². The lowest BCUT2D eigenvalue weighted by atomic mass is 10.1. The zero-order valence-electron chi connectivity index (χ0n) is 10.4. The number of amides is 1. The van der Waals surface area contributed by atoms with Crippen LogP contribution in [0.3, 0.4) is 0 Å². The van der Waals surface area contributed by atoms with Crippen LogP contribution in [0.1, 0.15) is 19.3 Å². The molecule has 7 heteroatoms. The predicted octanol–water partition coefficient (Wildman–Crippen LogP) is -1.83. The van der Waals surface area contributed by atoms with Gasteiger partial charge in [-0.05, 0) is 13.0 Å². The van der Waals surface area contributed by atoms with Crippen LogP contribution < -0.4 is 15.7 Å². The van der Waals surface area contributed by atoms with Gasteiger partial charge in [-0.3, -0.25) is 4.79 Å². The monoisotopic (exact) mass is 255 g/mol. The highest BCUT2D eigenvalue weighted by atomic mass is 16.4. The minimum Gasteiger partial charge on any atom is -0.480 e. The summed E-state index contributed by atoms with van der Waals surface area (Å²) in [6, 6.07) is -0.999. The quantitative estimate of drug-likeness (QED) is 0.463. The van der Waals surface area contributed by atoms with Gasteiger partial charge in [0.15, 0.2) is 6.04 Å². The zero-order chi connectivity index (χ0) is 13.5. The SMILES string of the molecule is CN1C=[N+]=CC1CC(NC(=O)CCCN)C(=O)O. The van der Waals surface area contributed by atoms with Gasteiger partial charge in [0, 0.05) is 12.8 Å². The predicted molar refractivity (Wildman–Crippen MR) is 68.3 cm³/mol. The van der Waals surface area contributed by atoms with Crippen LogP contribution in [0.15, 0.2) is 0 Å². The van der Waals surface area contributed by atoms with E-state index in [-0.39, 0.29) is 18.4 Å². The van der Waals surface area contributed by atoms with E-state index in [2.05, 4.69) is 9.98 Å². The van der Waals surface area contributed by atoms with E-state index in [0.717, 1.165) is 0 Å². The van der Waals surface area contributed by atoms with E-state index in [9.17, 15) is 9.59 Å². The average molecular weight is 255 g/mol. The lowest BCUT2D eigenvalue weighted by Gasteiger charge is -2.17. The van der Waals surface area contributed by atoms with Crippen molar-refractivity contribution in [3.8, 4) is 0 Å². The van der Waals surface area contributed by atoms with E-state index in [4.69, 9.17) is 10.8 Å². The maximum atomic E-state index is 11.5. The molecule has 2 atom stereocenters. The fourth-order valence-electron chi connectivity index (χ4n) is 1.65. The Morgan fingerprint density at radius 1 is 1.61 bits per heavy atom. The van der Waals surface area contributed by atoms with Gasteiger partial charge in [-0.15, -0.1) is 0 Å². The molecule has 0 saturated carbocycles. The smallest absolute Gasteiger partial charge is 0.333 e. The lowest BCUT2D eigenvalue weighted by Crippen LogP contribution is -2.45. The van der Waals surface area contributed by atoms with Crippen molar-refractivity contribution in [3.63, 3.8) is 0 Å². The summed E-state index contributed by atoms with van der Waals surface area (Å²) < 4.78 is 3.94. The minimum absolute atomic E-state index is 0.0964. The van der Waals surface area contributed by atoms with E-state index in [1.54, 1.807) is 12.6 Å². The fraction of sp³-hybridized carbons (Fsp3) is 0.636. The number of hydrogen-bond donors (Lipinski definition) is 3. The van der Waals surface area contributed by atoms with Crippen molar-refractivity contribution in [2.45, 2.75) is 31.3 Å². The van der Waals surface area contributed by atoms with E-state index >= 15 is 0 Å². The molecule has 2 unspecified atom stereocenters. The molecule has 0 spiro atoms. The van der Waals surface area contributed by atoms with Gasteiger partial charge in [0.2, 0.25) is 12.1 Å². The molecule has 0 saturated heterocycles. The topological polar surface area (TPSA) is 110 Å². The maximum Gasteiger partial charge on any atom is 0.333 e. The van der Waals surface area contributed by atoms with Crippen molar-refractivity contribution in [1.29, 1.82) is 0 Å². The Labute approximate surface area is 105 Å². The van der Waals surface area contributed by atoms with Crippen molar-refractivity contribution in [3.05, 3.63) is 0 Å². The second-order valence-corrected chi connectivity index (χ2v) is 4.23. The number of carbonyl (C=O) groups is 2. The summed E-state index contributed by atoms with van der Waals surface area (Å²) in [5.74, 6) is -1.32. The minimum atomic E-state index is -1.04. The van der Waals surface area contributed by atoms with Crippen molar-refractivity contribution in [2.24, 2.45) is 5.73 Å². The molecule has 18 heavy (non-hydrogen) atoms. The van der Waals surface area contributed by atoms with Gasteiger partial charge in [0.05, 0.1) is 7.05 Å². The van der Waals surface area contributed by atoms with Gasteiger partial charge in [-0.1, -0.05) is 0 Å². The van der Waals surface area contributed by atoms with Crippen LogP contribution in [0.25, 0.3) is 0 Å². The Bertz CT molecular complexity index is 376. The summed E-state index contributed by atoms with van der Waals surface area (Å²) in [6.45, 7) is 0.415. The van der Waals surface area contributed by atoms with Crippen molar-refractivity contribution in [1.82, 2.24) is 14.9 Å². The van der Waals surface area contributed by atoms with Gasteiger partial charge in [-0.2, -0.15) is 0 Å². The summed E-state index contributed by atoms with van der Waals surface area (Å²) in [5, 5.41) is 11.6. The molecule has 0 aromatic rings. The highest BCUT2D eigenvalue weighted by Gasteiger charge is 2.30. The number of carboxylic acid groups (broad SMARTS) is 1. The highest BCUT2D eigenvalue weighted by Crippen LogP contribution is 2.05. The Morgan fingerprint density at radius 2 is 2.33 bits per heavy atom. The molecule has 100 valence electrons.